The molecular formula is C12H18N4O3. The Kier molecular flexibility index (Phi) is 4.44. The second-order valence-corrected chi connectivity index (χ2v) is 4.82. The van der Waals surface area contributed by atoms with Gasteiger partial charge in [0.2, 0.25) is 0 Å². The monoisotopic (exact) mass is 266 g/mol. The number of nitrogens with one attached hydrogen (secondary N) is 2. The molecule has 4 N–H and O–H groups in total. The lowest BCUT2D eigenvalue weighted by Crippen LogP contribution is -2.43. The van der Waals surface area contributed by atoms with Crippen LogP contribution in [0.3, 0.4) is 0 Å². The van der Waals surface area contributed by atoms with Crippen molar-refractivity contribution in [3.8, 4) is 0 Å². The molecule has 19 heavy (non-hydrogen) atoms. The maximum absolute atomic E-state index is 12.1. The number of anilines is 1. The lowest BCUT2D eigenvalue weighted by Gasteiger charge is -2.24. The van der Waals surface area contributed by atoms with Crippen molar-refractivity contribution in [2.24, 2.45) is 5.84 Å². The Morgan fingerprint density at radius 1 is 1.47 bits per heavy atom. The Hall–Kier alpha value is -2.15. The van der Waals surface area contributed by atoms with Crippen LogP contribution in [0, 0.1) is 10.1 Å². The number of benzene rings is 1. The lowest BCUT2D eigenvalue weighted by molar-refractivity contribution is -0.385. The lowest BCUT2D eigenvalue weighted by atomic mass is 10.0. The number of nitrogen functional groups attached to an aromatic ring is 1. The fourth-order valence-corrected chi connectivity index (χ4v) is 1.43. The first kappa shape index (κ1) is 14.9. The molecule has 0 aliphatic heterocycles. The minimum atomic E-state index is -0.589. The second-order valence-electron chi connectivity index (χ2n) is 4.82. The van der Waals surface area contributed by atoms with Crippen LogP contribution in [0.1, 0.15) is 37.6 Å². The molecule has 0 heterocycles. The summed E-state index contributed by atoms with van der Waals surface area (Å²) in [4.78, 5) is 22.5. The highest BCUT2D eigenvalue weighted by molar-refractivity contribution is 5.99. The number of carbonyl (C=O) groups is 1. The molecule has 1 amide bonds. The molecule has 0 unspecified atom stereocenters. The van der Waals surface area contributed by atoms with Crippen molar-refractivity contribution in [1.29, 1.82) is 0 Å². The first-order valence-electron chi connectivity index (χ1n) is 5.88. The third kappa shape index (κ3) is 3.65. The van der Waals surface area contributed by atoms with Crippen molar-refractivity contribution in [3.63, 3.8) is 0 Å². The average Bonchev–Trinajstić information content (AvgIpc) is 2.37. The average molecular weight is 266 g/mol. The Balaban J connectivity index is 3.16. The second kappa shape index (κ2) is 5.66. The molecule has 7 nitrogen and oxygen atoms in total. The van der Waals surface area contributed by atoms with E-state index >= 15 is 0 Å². The number of amides is 1. The first-order valence-corrected chi connectivity index (χ1v) is 5.88. The maximum atomic E-state index is 12.1. The quantitative estimate of drug-likeness (QED) is 0.427. The standard InChI is InChI=1S/C12H18N4O3/c1-4-12(2,3)14-11(17)9-7-8(15-13)5-6-10(9)16(18)19/h5-7,15H,4,13H2,1-3H3,(H,14,17). The zero-order valence-corrected chi connectivity index (χ0v) is 11.2. The van der Waals surface area contributed by atoms with Crippen LogP contribution < -0.4 is 16.6 Å². The predicted molar refractivity (Wildman–Crippen MR) is 72.7 cm³/mol. The Morgan fingerprint density at radius 2 is 2.11 bits per heavy atom. The number of hydrogen-bond donors (Lipinski definition) is 3. The number of nitrogens with two attached hydrogens (primary N) is 1. The van der Waals surface area contributed by atoms with E-state index in [1.54, 1.807) is 0 Å². The fourth-order valence-electron chi connectivity index (χ4n) is 1.43. The van der Waals surface area contributed by atoms with Crippen LogP contribution in [0.15, 0.2) is 18.2 Å². The van der Waals surface area contributed by atoms with Gasteiger partial charge < -0.3 is 10.7 Å². The van der Waals surface area contributed by atoms with Crippen molar-refractivity contribution in [3.05, 3.63) is 33.9 Å². The predicted octanol–water partition coefficient (Wildman–Crippen LogP) is 1.80. The molecule has 0 saturated heterocycles. The molecule has 7 heteroatoms. The molecular weight excluding hydrogens is 248 g/mol. The van der Waals surface area contributed by atoms with Gasteiger partial charge in [-0.05, 0) is 32.4 Å². The number of nitrogens with zero attached hydrogens (tertiary/aromatic N) is 1. The molecule has 1 aromatic carbocycles. The summed E-state index contributed by atoms with van der Waals surface area (Å²) in [5.41, 5.74) is 2.11. The van der Waals surface area contributed by atoms with Crippen molar-refractivity contribution >= 4 is 17.3 Å². The highest BCUT2D eigenvalue weighted by Crippen LogP contribution is 2.23. The van der Waals surface area contributed by atoms with Crippen LogP contribution in [-0.4, -0.2) is 16.4 Å². The van der Waals surface area contributed by atoms with E-state index in [1.165, 1.54) is 18.2 Å². The molecule has 0 fully saturated rings. The van der Waals surface area contributed by atoms with Crippen LogP contribution in [0.4, 0.5) is 11.4 Å². The van der Waals surface area contributed by atoms with E-state index in [2.05, 4.69) is 10.7 Å². The van der Waals surface area contributed by atoms with Crippen LogP contribution >= 0.6 is 0 Å². The summed E-state index contributed by atoms with van der Waals surface area (Å²) in [5, 5.41) is 13.7. The summed E-state index contributed by atoms with van der Waals surface area (Å²) in [6.45, 7) is 5.62. The van der Waals surface area contributed by atoms with E-state index in [1.807, 2.05) is 20.8 Å². The van der Waals surface area contributed by atoms with Gasteiger partial charge >= 0.3 is 0 Å². The summed E-state index contributed by atoms with van der Waals surface area (Å²) < 4.78 is 0. The topological polar surface area (TPSA) is 110 Å². The Labute approximate surface area is 111 Å². The third-order valence-electron chi connectivity index (χ3n) is 2.94. The van der Waals surface area contributed by atoms with Crippen molar-refractivity contribution in [2.75, 3.05) is 5.43 Å². The molecule has 104 valence electrons. The van der Waals surface area contributed by atoms with E-state index in [0.29, 0.717) is 12.1 Å². The van der Waals surface area contributed by atoms with Crippen molar-refractivity contribution in [1.82, 2.24) is 5.32 Å². The van der Waals surface area contributed by atoms with E-state index in [-0.39, 0.29) is 11.3 Å². The Morgan fingerprint density at radius 3 is 2.58 bits per heavy atom. The first-order chi connectivity index (χ1) is 8.80. The van der Waals surface area contributed by atoms with Gasteiger partial charge in [0.1, 0.15) is 5.56 Å². The molecule has 0 spiro atoms. The molecule has 0 saturated carbocycles. The summed E-state index contributed by atoms with van der Waals surface area (Å²) in [7, 11) is 0. The van der Waals surface area contributed by atoms with Gasteiger partial charge in [-0.25, -0.2) is 0 Å². The van der Waals surface area contributed by atoms with E-state index in [0.717, 1.165) is 0 Å². The number of carbonyl (C=O) groups excluding carboxylic acids is 1. The summed E-state index contributed by atoms with van der Waals surface area (Å²) in [6.07, 6.45) is 0.710. The van der Waals surface area contributed by atoms with Gasteiger partial charge in [-0.2, -0.15) is 0 Å². The minimum Gasteiger partial charge on any atom is -0.347 e. The highest BCUT2D eigenvalue weighted by atomic mass is 16.6. The molecule has 0 atom stereocenters. The van der Waals surface area contributed by atoms with Gasteiger partial charge in [-0.15, -0.1) is 0 Å². The van der Waals surface area contributed by atoms with E-state index < -0.39 is 16.4 Å². The zero-order valence-electron chi connectivity index (χ0n) is 11.2. The molecule has 0 radical (unpaired) electrons. The van der Waals surface area contributed by atoms with Crippen LogP contribution in [0.25, 0.3) is 0 Å². The van der Waals surface area contributed by atoms with Crippen molar-refractivity contribution in [2.45, 2.75) is 32.7 Å². The number of hydrazine groups is 1. The zero-order chi connectivity index (χ0) is 14.6. The van der Waals surface area contributed by atoms with Gasteiger partial charge in [0.05, 0.1) is 4.92 Å². The third-order valence-corrected chi connectivity index (χ3v) is 2.94. The molecule has 0 aromatic heterocycles. The summed E-state index contributed by atoms with van der Waals surface area (Å²) in [5.74, 6) is 4.76. The molecule has 0 bridgehead atoms. The summed E-state index contributed by atoms with van der Waals surface area (Å²) in [6, 6.07) is 4.06. The molecule has 0 aliphatic carbocycles. The number of rotatable bonds is 5. The Bertz CT molecular complexity index is 500. The molecule has 0 aliphatic rings. The van der Waals surface area contributed by atoms with Gasteiger partial charge in [0.15, 0.2) is 0 Å². The number of nitro groups is 1. The van der Waals surface area contributed by atoms with Gasteiger partial charge in [0.25, 0.3) is 11.6 Å². The fraction of sp³-hybridized carbons (Fsp3) is 0.417. The number of hydrogen-bond acceptors (Lipinski definition) is 5. The van der Waals surface area contributed by atoms with Gasteiger partial charge in [-0.3, -0.25) is 20.8 Å². The van der Waals surface area contributed by atoms with Gasteiger partial charge in [0, 0.05) is 17.3 Å². The van der Waals surface area contributed by atoms with E-state index in [9.17, 15) is 14.9 Å². The van der Waals surface area contributed by atoms with Crippen LogP contribution in [0.2, 0.25) is 0 Å². The number of nitro benzene ring substituents is 1. The van der Waals surface area contributed by atoms with E-state index in [4.69, 9.17) is 5.84 Å². The minimum absolute atomic E-state index is 0.0121. The van der Waals surface area contributed by atoms with Crippen molar-refractivity contribution < 1.29 is 9.72 Å². The smallest absolute Gasteiger partial charge is 0.282 e. The maximum Gasteiger partial charge on any atom is 0.282 e. The normalized spacial score (nSPS) is 10.9. The molecule has 1 aromatic rings. The summed E-state index contributed by atoms with van der Waals surface area (Å²) >= 11 is 0. The highest BCUT2D eigenvalue weighted by Gasteiger charge is 2.25. The molecule has 1 rings (SSSR count). The van der Waals surface area contributed by atoms with Crippen LogP contribution in [-0.2, 0) is 0 Å². The van der Waals surface area contributed by atoms with Gasteiger partial charge in [-0.1, -0.05) is 6.92 Å². The van der Waals surface area contributed by atoms with Crippen LogP contribution in [0.5, 0.6) is 0 Å². The SMILES string of the molecule is CCC(C)(C)NC(=O)c1cc(NN)ccc1[N+](=O)[O-]. The largest absolute Gasteiger partial charge is 0.347 e.